The van der Waals surface area contributed by atoms with Crippen LogP contribution >= 0.6 is 0 Å². The lowest BCUT2D eigenvalue weighted by atomic mass is 10.1. The molecule has 1 N–H and O–H groups in total. The maximum absolute atomic E-state index is 4.73. The number of pyridine rings is 1. The molecule has 0 amide bonds. The Balaban J connectivity index is 3.10. The highest BCUT2D eigenvalue weighted by molar-refractivity contribution is 5.51. The molecule has 0 radical (unpaired) electrons. The zero-order valence-electron chi connectivity index (χ0n) is 14.1. The van der Waals surface area contributed by atoms with Crippen LogP contribution in [0.5, 0.6) is 0 Å². The average Bonchev–Trinajstić information content (AvgIpc) is 2.24. The molecule has 1 aromatic rings. The first-order valence-electron chi connectivity index (χ1n) is 7.18. The largest absolute Gasteiger partial charge is 0.355 e. The van der Waals surface area contributed by atoms with Gasteiger partial charge in [-0.15, -0.1) is 0 Å². The van der Waals surface area contributed by atoms with E-state index in [2.05, 4.69) is 57.6 Å². The summed E-state index contributed by atoms with van der Waals surface area (Å²) in [4.78, 5) is 6.91. The van der Waals surface area contributed by atoms with Crippen molar-refractivity contribution < 1.29 is 0 Å². The van der Waals surface area contributed by atoms with E-state index in [4.69, 9.17) is 4.98 Å². The summed E-state index contributed by atoms with van der Waals surface area (Å²) in [6.07, 6.45) is 0. The molecule has 0 saturated heterocycles. The van der Waals surface area contributed by atoms with Gasteiger partial charge < -0.3 is 10.2 Å². The summed E-state index contributed by atoms with van der Waals surface area (Å²) >= 11 is 0. The number of aromatic nitrogens is 1. The van der Waals surface area contributed by atoms with E-state index in [0.717, 1.165) is 30.2 Å². The Morgan fingerprint density at radius 3 is 2.45 bits per heavy atom. The van der Waals surface area contributed by atoms with Gasteiger partial charge in [-0.3, -0.25) is 0 Å². The van der Waals surface area contributed by atoms with Gasteiger partial charge in [0, 0.05) is 36.9 Å². The normalized spacial score (nSPS) is 11.6. The van der Waals surface area contributed by atoms with Crippen molar-refractivity contribution in [3.8, 4) is 0 Å². The molecule has 0 unspecified atom stereocenters. The quantitative estimate of drug-likeness (QED) is 0.832. The molecule has 0 fully saturated rings. The molecule has 0 atom stereocenters. The Morgan fingerprint density at radius 1 is 1.35 bits per heavy atom. The first kappa shape index (κ1) is 16.7. The van der Waals surface area contributed by atoms with Gasteiger partial charge in [0.2, 0.25) is 0 Å². The molecule has 20 heavy (non-hydrogen) atoms. The fourth-order valence-electron chi connectivity index (χ4n) is 2.21. The van der Waals surface area contributed by atoms with E-state index in [1.165, 1.54) is 11.1 Å². The highest BCUT2D eigenvalue weighted by atomic mass is 15.2. The summed E-state index contributed by atoms with van der Waals surface area (Å²) in [5, 5.41) is 3.56. The van der Waals surface area contributed by atoms with Gasteiger partial charge in [-0.1, -0.05) is 12.2 Å². The monoisotopic (exact) mass is 275 g/mol. The van der Waals surface area contributed by atoms with Gasteiger partial charge in [-0.2, -0.15) is 0 Å². The van der Waals surface area contributed by atoms with Gasteiger partial charge >= 0.3 is 0 Å². The van der Waals surface area contributed by atoms with Crippen molar-refractivity contribution in [2.45, 2.75) is 53.6 Å². The van der Waals surface area contributed by atoms with Gasteiger partial charge in [0.15, 0.2) is 0 Å². The number of rotatable bonds is 5. The summed E-state index contributed by atoms with van der Waals surface area (Å²) in [6.45, 7) is 18.5. The fourth-order valence-corrected chi connectivity index (χ4v) is 2.21. The van der Waals surface area contributed by atoms with Crippen LogP contribution in [0.1, 0.15) is 44.5 Å². The highest BCUT2D eigenvalue weighted by Crippen LogP contribution is 2.23. The van der Waals surface area contributed by atoms with E-state index in [1.807, 2.05) is 13.8 Å². The van der Waals surface area contributed by atoms with E-state index >= 15 is 0 Å². The standard InChI is InChI=1S/C17H29N3/c1-12(2)11-20(8)16-15(10-18-17(5,6)7)13(3)9-14(4)19-16/h9,18H,1,10-11H2,2-8H3. The smallest absolute Gasteiger partial charge is 0.133 e. The Hall–Kier alpha value is -1.35. The first-order valence-corrected chi connectivity index (χ1v) is 7.18. The maximum atomic E-state index is 4.73. The van der Waals surface area contributed by atoms with Crippen LogP contribution in [0.2, 0.25) is 0 Å². The molecule has 0 bridgehead atoms. The third kappa shape index (κ3) is 4.97. The molecular weight excluding hydrogens is 246 g/mol. The van der Waals surface area contributed by atoms with Crippen molar-refractivity contribution in [1.82, 2.24) is 10.3 Å². The van der Waals surface area contributed by atoms with Gasteiger partial charge in [0.25, 0.3) is 0 Å². The van der Waals surface area contributed by atoms with E-state index < -0.39 is 0 Å². The van der Waals surface area contributed by atoms with Crippen LogP contribution < -0.4 is 10.2 Å². The molecule has 3 heteroatoms. The molecule has 112 valence electrons. The van der Waals surface area contributed by atoms with Crippen LogP contribution in [0.15, 0.2) is 18.2 Å². The Kier molecular flexibility index (Phi) is 5.35. The average molecular weight is 275 g/mol. The predicted octanol–water partition coefficient (Wildman–Crippen LogP) is 3.60. The van der Waals surface area contributed by atoms with Crippen molar-refractivity contribution in [3.05, 3.63) is 35.0 Å². The van der Waals surface area contributed by atoms with Crippen molar-refractivity contribution in [2.24, 2.45) is 0 Å². The van der Waals surface area contributed by atoms with E-state index in [1.54, 1.807) is 0 Å². The predicted molar refractivity (Wildman–Crippen MR) is 88.4 cm³/mol. The van der Waals surface area contributed by atoms with Crippen LogP contribution in [0, 0.1) is 13.8 Å². The highest BCUT2D eigenvalue weighted by Gasteiger charge is 2.16. The van der Waals surface area contributed by atoms with Crippen molar-refractivity contribution in [2.75, 3.05) is 18.5 Å². The molecule has 0 aliphatic rings. The zero-order chi connectivity index (χ0) is 15.5. The van der Waals surface area contributed by atoms with Crippen LogP contribution in [-0.2, 0) is 6.54 Å². The van der Waals surface area contributed by atoms with E-state index in [0.29, 0.717) is 0 Å². The minimum atomic E-state index is 0.0987. The summed E-state index contributed by atoms with van der Waals surface area (Å²) in [7, 11) is 2.08. The molecule has 0 spiro atoms. The van der Waals surface area contributed by atoms with Crippen molar-refractivity contribution in [1.29, 1.82) is 0 Å². The molecule has 0 aromatic carbocycles. The third-order valence-corrected chi connectivity index (χ3v) is 3.12. The molecule has 0 saturated carbocycles. The summed E-state index contributed by atoms with van der Waals surface area (Å²) in [6, 6.07) is 2.15. The molecule has 1 heterocycles. The number of nitrogens with one attached hydrogen (secondary N) is 1. The number of likely N-dealkylation sites (N-methyl/N-ethyl adjacent to an activating group) is 1. The van der Waals surface area contributed by atoms with Gasteiger partial charge in [-0.25, -0.2) is 4.98 Å². The minimum absolute atomic E-state index is 0.0987. The van der Waals surface area contributed by atoms with Gasteiger partial charge in [0.05, 0.1) is 0 Å². The van der Waals surface area contributed by atoms with Crippen molar-refractivity contribution >= 4 is 5.82 Å². The summed E-state index contributed by atoms with van der Waals surface area (Å²) in [5.74, 6) is 1.06. The van der Waals surface area contributed by atoms with Crippen molar-refractivity contribution in [3.63, 3.8) is 0 Å². The summed E-state index contributed by atoms with van der Waals surface area (Å²) in [5.41, 5.74) is 4.86. The first-order chi connectivity index (χ1) is 9.10. The molecule has 1 aromatic heterocycles. The number of anilines is 1. The lowest BCUT2D eigenvalue weighted by molar-refractivity contribution is 0.423. The molecule has 1 rings (SSSR count). The van der Waals surface area contributed by atoms with E-state index in [9.17, 15) is 0 Å². The Morgan fingerprint density at radius 2 is 1.95 bits per heavy atom. The van der Waals surface area contributed by atoms with E-state index in [-0.39, 0.29) is 5.54 Å². The second kappa shape index (κ2) is 6.40. The number of nitrogens with zero attached hydrogens (tertiary/aromatic N) is 2. The SMILES string of the molecule is C=C(C)CN(C)c1nc(C)cc(C)c1CNC(C)(C)C. The summed E-state index contributed by atoms with van der Waals surface area (Å²) < 4.78 is 0. The van der Waals surface area contributed by atoms with Crippen LogP contribution in [-0.4, -0.2) is 24.1 Å². The Bertz CT molecular complexity index is 484. The van der Waals surface area contributed by atoms with Gasteiger partial charge in [-0.05, 0) is 53.2 Å². The minimum Gasteiger partial charge on any atom is -0.355 e. The molecule has 3 nitrogen and oxygen atoms in total. The Labute approximate surface area is 124 Å². The lowest BCUT2D eigenvalue weighted by Gasteiger charge is -2.26. The van der Waals surface area contributed by atoms with Crippen LogP contribution in [0.4, 0.5) is 5.82 Å². The van der Waals surface area contributed by atoms with Crippen LogP contribution in [0.3, 0.4) is 0 Å². The topological polar surface area (TPSA) is 28.2 Å². The molecule has 0 aliphatic heterocycles. The second-order valence-electron chi connectivity index (χ2n) is 6.80. The van der Waals surface area contributed by atoms with Gasteiger partial charge in [0.1, 0.15) is 5.82 Å². The fraction of sp³-hybridized carbons (Fsp3) is 0.588. The molecule has 0 aliphatic carbocycles. The number of aryl methyl sites for hydroxylation is 2. The number of hydrogen-bond donors (Lipinski definition) is 1. The lowest BCUT2D eigenvalue weighted by Crippen LogP contribution is -2.36. The third-order valence-electron chi connectivity index (χ3n) is 3.12. The molecular formula is C17H29N3. The zero-order valence-corrected chi connectivity index (χ0v) is 14.1. The maximum Gasteiger partial charge on any atom is 0.133 e. The van der Waals surface area contributed by atoms with Crippen LogP contribution in [0.25, 0.3) is 0 Å². The number of hydrogen-bond acceptors (Lipinski definition) is 3. The second-order valence-corrected chi connectivity index (χ2v) is 6.80.